The van der Waals surface area contributed by atoms with E-state index in [0.717, 1.165) is 36.3 Å². The highest BCUT2D eigenvalue weighted by molar-refractivity contribution is 7.71. The molecule has 156 valence electrons. The number of nitrogens with zero attached hydrogens (tertiary/aromatic N) is 3. The van der Waals surface area contributed by atoms with Crippen molar-refractivity contribution in [2.75, 3.05) is 13.1 Å². The number of aromatic nitrogens is 3. The molecule has 2 heterocycles. The number of hydrogen-bond acceptors (Lipinski definition) is 4. The Labute approximate surface area is 181 Å². The Morgan fingerprint density at radius 3 is 2.67 bits per heavy atom. The number of likely N-dealkylation sites (tertiary alicyclic amines) is 1. The van der Waals surface area contributed by atoms with Crippen LogP contribution in [0.25, 0.3) is 11.4 Å². The summed E-state index contributed by atoms with van der Waals surface area (Å²) in [6.07, 6.45) is 2.54. The van der Waals surface area contributed by atoms with Gasteiger partial charge in [-0.3, -0.25) is 19.4 Å². The zero-order chi connectivity index (χ0) is 20.9. The van der Waals surface area contributed by atoms with Crippen LogP contribution in [-0.2, 0) is 24.4 Å². The van der Waals surface area contributed by atoms with Gasteiger partial charge in [0.2, 0.25) is 5.91 Å². The first-order valence-corrected chi connectivity index (χ1v) is 10.8. The molecule has 2 N–H and O–H groups in total. The van der Waals surface area contributed by atoms with Crippen molar-refractivity contribution in [1.29, 1.82) is 0 Å². The van der Waals surface area contributed by atoms with Crippen LogP contribution in [0.2, 0.25) is 0 Å². The summed E-state index contributed by atoms with van der Waals surface area (Å²) in [5, 5.41) is 10.2. The summed E-state index contributed by atoms with van der Waals surface area (Å²) in [6.45, 7) is 5.92. The van der Waals surface area contributed by atoms with Gasteiger partial charge in [0.15, 0.2) is 10.6 Å². The largest absolute Gasteiger partial charge is 0.350 e. The Hall–Kier alpha value is -2.77. The first kappa shape index (κ1) is 20.5. The number of nitrogens with one attached hydrogen (secondary N) is 2. The van der Waals surface area contributed by atoms with Gasteiger partial charge in [-0.15, -0.1) is 0 Å². The third-order valence-corrected chi connectivity index (χ3v) is 5.83. The molecule has 1 aliphatic rings. The van der Waals surface area contributed by atoms with Gasteiger partial charge in [0.1, 0.15) is 6.54 Å². The lowest BCUT2D eigenvalue weighted by Crippen LogP contribution is -2.28. The summed E-state index contributed by atoms with van der Waals surface area (Å²) in [7, 11) is 0. The molecule has 7 heteroatoms. The molecular formula is C23H27N5OS. The number of rotatable bonds is 7. The summed E-state index contributed by atoms with van der Waals surface area (Å²) in [5.74, 6) is 0.589. The number of aryl methyl sites for hydroxylation is 1. The molecular weight excluding hydrogens is 394 g/mol. The van der Waals surface area contributed by atoms with Gasteiger partial charge < -0.3 is 5.32 Å². The number of carbonyl (C=O) groups excluding carboxylic acids is 1. The van der Waals surface area contributed by atoms with E-state index < -0.39 is 0 Å². The molecule has 4 rings (SSSR count). The molecule has 0 radical (unpaired) electrons. The molecule has 3 aromatic rings. The molecule has 0 bridgehead atoms. The molecule has 1 fully saturated rings. The van der Waals surface area contributed by atoms with E-state index in [4.69, 9.17) is 12.2 Å². The van der Waals surface area contributed by atoms with Crippen LogP contribution in [0.5, 0.6) is 0 Å². The molecule has 30 heavy (non-hydrogen) atoms. The van der Waals surface area contributed by atoms with Crippen molar-refractivity contribution in [2.45, 2.75) is 39.4 Å². The average molecular weight is 422 g/mol. The summed E-state index contributed by atoms with van der Waals surface area (Å²) >= 11 is 5.36. The first-order valence-electron chi connectivity index (χ1n) is 10.4. The standard InChI is InChI=1S/C23H27N5OS/c1-17-7-6-10-18(13-17)22-25-26-23(30)28(22)16-21(29)24-14-19-8-2-3-9-20(19)15-27-11-4-5-12-27/h2-3,6-10,13H,4-5,11-12,14-16H2,1H3,(H,24,29)(H,26,30). The van der Waals surface area contributed by atoms with Crippen LogP contribution in [0.4, 0.5) is 0 Å². The lowest BCUT2D eigenvalue weighted by Gasteiger charge is -2.18. The third-order valence-electron chi connectivity index (χ3n) is 5.52. The fraction of sp³-hybridized carbons (Fsp3) is 0.348. The van der Waals surface area contributed by atoms with Crippen LogP contribution in [0.1, 0.15) is 29.5 Å². The second kappa shape index (κ2) is 9.36. The Morgan fingerprint density at radius 2 is 1.90 bits per heavy atom. The van der Waals surface area contributed by atoms with E-state index in [0.29, 0.717) is 17.1 Å². The van der Waals surface area contributed by atoms with Crippen molar-refractivity contribution in [3.63, 3.8) is 0 Å². The molecule has 1 aliphatic heterocycles. The normalized spacial score (nSPS) is 14.2. The fourth-order valence-electron chi connectivity index (χ4n) is 3.93. The Morgan fingerprint density at radius 1 is 1.13 bits per heavy atom. The Bertz CT molecular complexity index is 1080. The molecule has 1 saturated heterocycles. The maximum Gasteiger partial charge on any atom is 0.240 e. The van der Waals surface area contributed by atoms with Gasteiger partial charge in [-0.2, -0.15) is 5.10 Å². The minimum absolute atomic E-state index is 0.0858. The number of amides is 1. The van der Waals surface area contributed by atoms with Gasteiger partial charge >= 0.3 is 0 Å². The van der Waals surface area contributed by atoms with Gasteiger partial charge in [0, 0.05) is 18.7 Å². The highest BCUT2D eigenvalue weighted by Gasteiger charge is 2.15. The van der Waals surface area contributed by atoms with Crippen molar-refractivity contribution in [3.05, 3.63) is 70.0 Å². The van der Waals surface area contributed by atoms with Crippen LogP contribution in [0.15, 0.2) is 48.5 Å². The van der Waals surface area contributed by atoms with E-state index in [-0.39, 0.29) is 12.5 Å². The molecule has 0 saturated carbocycles. The van der Waals surface area contributed by atoms with Gasteiger partial charge in [0.05, 0.1) is 0 Å². The number of aromatic amines is 1. The molecule has 6 nitrogen and oxygen atoms in total. The van der Waals surface area contributed by atoms with Crippen molar-refractivity contribution in [3.8, 4) is 11.4 Å². The van der Waals surface area contributed by atoms with Gasteiger partial charge in [-0.25, -0.2) is 0 Å². The fourth-order valence-corrected chi connectivity index (χ4v) is 4.12. The van der Waals surface area contributed by atoms with Crippen LogP contribution >= 0.6 is 12.2 Å². The van der Waals surface area contributed by atoms with Gasteiger partial charge in [0.25, 0.3) is 0 Å². The van der Waals surface area contributed by atoms with Crippen LogP contribution in [-0.4, -0.2) is 38.7 Å². The summed E-state index contributed by atoms with van der Waals surface area (Å²) in [6, 6.07) is 16.3. The lowest BCUT2D eigenvalue weighted by atomic mass is 10.1. The SMILES string of the molecule is Cc1cccc(-c2n[nH]c(=S)n2CC(=O)NCc2ccccc2CN2CCCC2)c1. The zero-order valence-electron chi connectivity index (χ0n) is 17.2. The second-order valence-electron chi connectivity index (χ2n) is 7.84. The number of hydrogen-bond donors (Lipinski definition) is 2. The lowest BCUT2D eigenvalue weighted by molar-refractivity contribution is -0.121. The van der Waals surface area contributed by atoms with Gasteiger partial charge in [-0.1, -0.05) is 48.0 Å². The topological polar surface area (TPSA) is 66.0 Å². The highest BCUT2D eigenvalue weighted by Crippen LogP contribution is 2.19. The predicted octanol–water partition coefficient (Wildman–Crippen LogP) is 3.83. The van der Waals surface area contributed by atoms with Crippen molar-refractivity contribution in [2.24, 2.45) is 0 Å². The summed E-state index contributed by atoms with van der Waals surface area (Å²) in [4.78, 5) is 15.2. The van der Waals surface area contributed by atoms with Crippen molar-refractivity contribution in [1.82, 2.24) is 25.0 Å². The quantitative estimate of drug-likeness (QED) is 0.569. The molecule has 0 atom stereocenters. The molecule has 2 aromatic carbocycles. The van der Waals surface area contributed by atoms with Crippen LogP contribution < -0.4 is 5.32 Å². The van der Waals surface area contributed by atoms with E-state index in [2.05, 4.69) is 38.6 Å². The second-order valence-corrected chi connectivity index (χ2v) is 8.22. The maximum absolute atomic E-state index is 12.7. The van der Waals surface area contributed by atoms with Gasteiger partial charge in [-0.05, 0) is 62.3 Å². The number of carbonyl (C=O) groups is 1. The zero-order valence-corrected chi connectivity index (χ0v) is 18.0. The summed E-state index contributed by atoms with van der Waals surface area (Å²) < 4.78 is 2.19. The highest BCUT2D eigenvalue weighted by atomic mass is 32.1. The van der Waals surface area contributed by atoms with E-state index >= 15 is 0 Å². The minimum Gasteiger partial charge on any atom is -0.350 e. The van der Waals surface area contributed by atoms with Crippen molar-refractivity contribution >= 4 is 18.1 Å². The molecule has 0 spiro atoms. The maximum atomic E-state index is 12.7. The minimum atomic E-state index is -0.0858. The van der Waals surface area contributed by atoms with Crippen molar-refractivity contribution < 1.29 is 4.79 Å². The van der Waals surface area contributed by atoms with E-state index in [9.17, 15) is 4.79 Å². The number of benzene rings is 2. The number of H-pyrrole nitrogens is 1. The average Bonchev–Trinajstić information content (AvgIpc) is 3.38. The monoisotopic (exact) mass is 421 g/mol. The molecule has 0 unspecified atom stereocenters. The molecule has 1 aromatic heterocycles. The predicted molar refractivity (Wildman–Crippen MR) is 120 cm³/mol. The smallest absolute Gasteiger partial charge is 0.240 e. The van der Waals surface area contributed by atoms with Crippen LogP contribution in [0, 0.1) is 11.7 Å². The summed E-state index contributed by atoms with van der Waals surface area (Å²) in [5.41, 5.74) is 4.51. The van der Waals surface area contributed by atoms with E-state index in [1.807, 2.05) is 37.3 Å². The van der Waals surface area contributed by atoms with E-state index in [1.54, 1.807) is 4.57 Å². The first-order chi connectivity index (χ1) is 14.6. The molecule has 0 aliphatic carbocycles. The van der Waals surface area contributed by atoms with Crippen LogP contribution in [0.3, 0.4) is 0 Å². The Kier molecular flexibility index (Phi) is 6.40. The molecule has 1 amide bonds. The van der Waals surface area contributed by atoms with E-state index in [1.165, 1.54) is 18.4 Å². The third kappa shape index (κ3) is 4.86. The Balaban J connectivity index is 1.43.